The van der Waals surface area contributed by atoms with E-state index in [-0.39, 0.29) is 11.9 Å². The fraction of sp³-hybridized carbons (Fsp3) is 0.417. The number of hydrogen-bond acceptors (Lipinski definition) is 3. The third kappa shape index (κ3) is 2.81. The maximum atomic E-state index is 11.8. The van der Waals surface area contributed by atoms with Crippen LogP contribution in [0.2, 0.25) is 0 Å². The molecule has 0 aliphatic carbocycles. The molecule has 1 heterocycles. The van der Waals surface area contributed by atoms with Crippen molar-refractivity contribution in [2.45, 2.75) is 13.0 Å². The summed E-state index contributed by atoms with van der Waals surface area (Å²) in [4.78, 5) is 11.8. The smallest absolute Gasteiger partial charge is 0.243 e. The Morgan fingerprint density at radius 3 is 3.12 bits per heavy atom. The Morgan fingerprint density at radius 2 is 2.44 bits per heavy atom. The highest BCUT2D eigenvalue weighted by Gasteiger charge is 2.20. The number of benzene rings is 1. The number of anilines is 1. The van der Waals surface area contributed by atoms with Gasteiger partial charge in [0.2, 0.25) is 5.91 Å². The van der Waals surface area contributed by atoms with Crippen molar-refractivity contribution in [1.29, 1.82) is 0 Å². The van der Waals surface area contributed by atoms with Crippen LogP contribution >= 0.6 is 0 Å². The first-order chi connectivity index (χ1) is 7.75. The van der Waals surface area contributed by atoms with Crippen LogP contribution in [-0.4, -0.2) is 31.7 Å². The Bertz CT molecular complexity index is 373. The second-order valence-electron chi connectivity index (χ2n) is 3.94. The predicted molar refractivity (Wildman–Crippen MR) is 62.4 cm³/mol. The third-order valence-corrected chi connectivity index (χ3v) is 2.52. The Hall–Kier alpha value is -1.39. The van der Waals surface area contributed by atoms with Gasteiger partial charge in [0.25, 0.3) is 0 Å². The Labute approximate surface area is 95.0 Å². The van der Waals surface area contributed by atoms with Gasteiger partial charge in [-0.25, -0.2) is 0 Å². The van der Waals surface area contributed by atoms with Crippen LogP contribution in [0.4, 0.5) is 5.69 Å². The van der Waals surface area contributed by atoms with Crippen LogP contribution in [0.5, 0.6) is 0 Å². The van der Waals surface area contributed by atoms with Crippen LogP contribution in [0.25, 0.3) is 0 Å². The second kappa shape index (κ2) is 5.09. The van der Waals surface area contributed by atoms with Gasteiger partial charge in [-0.1, -0.05) is 12.1 Å². The van der Waals surface area contributed by atoms with Crippen LogP contribution in [0.15, 0.2) is 24.3 Å². The lowest BCUT2D eigenvalue weighted by Gasteiger charge is -2.22. The van der Waals surface area contributed by atoms with Crippen molar-refractivity contribution in [1.82, 2.24) is 5.32 Å². The molecule has 0 bridgehead atoms. The summed E-state index contributed by atoms with van der Waals surface area (Å²) in [6.07, 6.45) is 0. The first-order valence-corrected chi connectivity index (χ1v) is 5.44. The minimum atomic E-state index is -0.241. The van der Waals surface area contributed by atoms with Crippen molar-refractivity contribution in [3.63, 3.8) is 0 Å². The fourth-order valence-corrected chi connectivity index (χ4v) is 1.69. The summed E-state index contributed by atoms with van der Waals surface area (Å²) >= 11 is 0. The minimum Gasteiger partial charge on any atom is -0.378 e. The Balaban J connectivity index is 1.96. The van der Waals surface area contributed by atoms with E-state index in [1.807, 2.05) is 31.2 Å². The molecule has 2 N–H and O–H groups in total. The van der Waals surface area contributed by atoms with E-state index in [1.54, 1.807) is 0 Å². The average Bonchev–Trinajstić information content (AvgIpc) is 2.30. The number of morpholine rings is 1. The molecule has 1 amide bonds. The standard InChI is InChI=1S/C12H16N2O2/c1-9-3-2-4-10(7-9)14-12(15)11-8-16-6-5-13-11/h2-4,7,11,13H,5-6,8H2,1H3,(H,14,15). The molecule has 2 rings (SSSR count). The Kier molecular flexibility index (Phi) is 3.54. The van der Waals surface area contributed by atoms with Crippen LogP contribution in [0.3, 0.4) is 0 Å². The number of carbonyl (C=O) groups is 1. The topological polar surface area (TPSA) is 50.4 Å². The van der Waals surface area contributed by atoms with E-state index >= 15 is 0 Å². The monoisotopic (exact) mass is 220 g/mol. The number of aryl methyl sites for hydroxylation is 1. The summed E-state index contributed by atoms with van der Waals surface area (Å²) in [5.41, 5.74) is 1.96. The Morgan fingerprint density at radius 1 is 1.56 bits per heavy atom. The number of hydrogen-bond donors (Lipinski definition) is 2. The van der Waals surface area contributed by atoms with Gasteiger partial charge in [0.1, 0.15) is 6.04 Å². The van der Waals surface area contributed by atoms with Gasteiger partial charge in [-0.3, -0.25) is 4.79 Å². The normalized spacial score (nSPS) is 20.4. The molecule has 4 heteroatoms. The number of amides is 1. The largest absolute Gasteiger partial charge is 0.378 e. The van der Waals surface area contributed by atoms with Gasteiger partial charge in [-0.2, -0.15) is 0 Å². The summed E-state index contributed by atoms with van der Waals surface area (Å²) in [6, 6.07) is 7.51. The maximum Gasteiger partial charge on any atom is 0.243 e. The highest BCUT2D eigenvalue weighted by atomic mass is 16.5. The zero-order chi connectivity index (χ0) is 11.4. The summed E-state index contributed by atoms with van der Waals surface area (Å²) in [7, 11) is 0. The summed E-state index contributed by atoms with van der Waals surface area (Å²) in [6.45, 7) is 3.84. The molecule has 1 atom stereocenters. The number of ether oxygens (including phenoxy) is 1. The van der Waals surface area contributed by atoms with Gasteiger partial charge in [0.05, 0.1) is 13.2 Å². The molecule has 1 aromatic rings. The van der Waals surface area contributed by atoms with Crippen molar-refractivity contribution >= 4 is 11.6 Å². The molecule has 0 saturated carbocycles. The molecule has 1 unspecified atom stereocenters. The van der Waals surface area contributed by atoms with E-state index < -0.39 is 0 Å². The van der Waals surface area contributed by atoms with Gasteiger partial charge >= 0.3 is 0 Å². The molecule has 1 aliphatic heterocycles. The highest BCUT2D eigenvalue weighted by Crippen LogP contribution is 2.10. The van der Waals surface area contributed by atoms with Crippen LogP contribution in [0.1, 0.15) is 5.56 Å². The molecule has 0 radical (unpaired) electrons. The van der Waals surface area contributed by atoms with Crippen molar-refractivity contribution in [3.05, 3.63) is 29.8 Å². The summed E-state index contributed by atoms with van der Waals surface area (Å²) < 4.78 is 5.24. The lowest BCUT2D eigenvalue weighted by atomic mass is 10.2. The molecular formula is C12H16N2O2. The SMILES string of the molecule is Cc1cccc(NC(=O)C2COCCN2)c1. The molecule has 16 heavy (non-hydrogen) atoms. The quantitative estimate of drug-likeness (QED) is 0.779. The van der Waals surface area contributed by atoms with E-state index in [9.17, 15) is 4.79 Å². The van der Waals surface area contributed by atoms with Gasteiger partial charge in [-0.15, -0.1) is 0 Å². The lowest BCUT2D eigenvalue weighted by molar-refractivity contribution is -0.120. The molecule has 86 valence electrons. The van der Waals surface area contributed by atoms with Crippen molar-refractivity contribution < 1.29 is 9.53 Å². The number of carbonyl (C=O) groups excluding carboxylic acids is 1. The summed E-state index contributed by atoms with van der Waals surface area (Å²) in [5, 5.41) is 5.99. The minimum absolute atomic E-state index is 0.0368. The lowest BCUT2D eigenvalue weighted by Crippen LogP contribution is -2.48. The first kappa shape index (κ1) is 11.1. The van der Waals surface area contributed by atoms with E-state index in [1.165, 1.54) is 0 Å². The van der Waals surface area contributed by atoms with Crippen molar-refractivity contribution in [2.75, 3.05) is 25.1 Å². The second-order valence-corrected chi connectivity index (χ2v) is 3.94. The van der Waals surface area contributed by atoms with Crippen LogP contribution < -0.4 is 10.6 Å². The van der Waals surface area contributed by atoms with Gasteiger partial charge in [-0.05, 0) is 24.6 Å². The molecule has 1 fully saturated rings. The van der Waals surface area contributed by atoms with E-state index in [0.717, 1.165) is 17.8 Å². The zero-order valence-corrected chi connectivity index (χ0v) is 9.32. The summed E-state index contributed by atoms with van der Waals surface area (Å²) in [5.74, 6) is -0.0368. The van der Waals surface area contributed by atoms with Crippen LogP contribution in [0, 0.1) is 6.92 Å². The maximum absolute atomic E-state index is 11.8. The molecular weight excluding hydrogens is 204 g/mol. The number of rotatable bonds is 2. The molecule has 1 aromatic carbocycles. The van der Waals surface area contributed by atoms with E-state index in [2.05, 4.69) is 10.6 Å². The predicted octanol–water partition coefficient (Wildman–Crippen LogP) is 0.922. The van der Waals surface area contributed by atoms with Crippen molar-refractivity contribution in [2.24, 2.45) is 0 Å². The first-order valence-electron chi connectivity index (χ1n) is 5.44. The van der Waals surface area contributed by atoms with E-state index in [0.29, 0.717) is 13.2 Å². The highest BCUT2D eigenvalue weighted by molar-refractivity contribution is 5.95. The van der Waals surface area contributed by atoms with E-state index in [4.69, 9.17) is 4.74 Å². The number of nitrogens with one attached hydrogen (secondary N) is 2. The third-order valence-electron chi connectivity index (χ3n) is 2.52. The molecule has 4 nitrogen and oxygen atoms in total. The van der Waals surface area contributed by atoms with Gasteiger partial charge < -0.3 is 15.4 Å². The fourth-order valence-electron chi connectivity index (χ4n) is 1.69. The molecule has 0 spiro atoms. The molecule has 0 aromatic heterocycles. The average molecular weight is 220 g/mol. The zero-order valence-electron chi connectivity index (χ0n) is 9.32. The molecule has 1 saturated heterocycles. The van der Waals surface area contributed by atoms with Crippen LogP contribution in [-0.2, 0) is 9.53 Å². The van der Waals surface area contributed by atoms with Crippen molar-refractivity contribution in [3.8, 4) is 0 Å². The van der Waals surface area contributed by atoms with Gasteiger partial charge in [0.15, 0.2) is 0 Å². The molecule has 1 aliphatic rings. The van der Waals surface area contributed by atoms with Gasteiger partial charge in [0, 0.05) is 12.2 Å².